The number of aromatic nitrogens is 2. The third kappa shape index (κ3) is 2.89. The van der Waals surface area contributed by atoms with Gasteiger partial charge in [0, 0.05) is 11.5 Å². The number of rotatable bonds is 3. The lowest BCUT2D eigenvalue weighted by Gasteiger charge is -1.98. The zero-order chi connectivity index (χ0) is 8.97. The van der Waals surface area contributed by atoms with Crippen molar-refractivity contribution in [3.8, 4) is 0 Å². The number of thiocarbonyl (C=S) groups is 1. The van der Waals surface area contributed by atoms with Crippen LogP contribution in [-0.2, 0) is 4.79 Å². The second-order valence-corrected chi connectivity index (χ2v) is 3.28. The summed E-state index contributed by atoms with van der Waals surface area (Å²) in [6.07, 6.45) is 1.51. The van der Waals surface area contributed by atoms with Crippen molar-refractivity contribution in [1.82, 2.24) is 9.59 Å². The summed E-state index contributed by atoms with van der Waals surface area (Å²) in [5, 5.41) is 6.68. The van der Waals surface area contributed by atoms with Crippen molar-refractivity contribution in [1.29, 1.82) is 0 Å². The number of nitrogens with zero attached hydrogens (tertiary/aromatic N) is 2. The molecule has 0 spiro atoms. The molecular weight excluding hydrogens is 196 g/mol. The summed E-state index contributed by atoms with van der Waals surface area (Å²) in [4.78, 5) is 11.2. The molecule has 12 heavy (non-hydrogen) atoms. The molecule has 1 aromatic rings. The zero-order valence-corrected chi connectivity index (χ0v) is 7.61. The van der Waals surface area contributed by atoms with Gasteiger partial charge in [-0.2, -0.15) is 0 Å². The monoisotopic (exact) mass is 202 g/mol. The van der Waals surface area contributed by atoms with Gasteiger partial charge >= 0.3 is 0 Å². The average molecular weight is 202 g/mol. The number of amides is 1. The van der Waals surface area contributed by atoms with Gasteiger partial charge < -0.3 is 11.1 Å². The van der Waals surface area contributed by atoms with Gasteiger partial charge in [-0.25, -0.2) is 0 Å². The first kappa shape index (κ1) is 9.01. The van der Waals surface area contributed by atoms with E-state index in [0.29, 0.717) is 5.00 Å². The molecule has 3 N–H and O–H groups in total. The minimum atomic E-state index is -0.242. The summed E-state index contributed by atoms with van der Waals surface area (Å²) >= 11 is 5.66. The van der Waals surface area contributed by atoms with E-state index in [0.717, 1.165) is 11.5 Å². The fraction of sp³-hybridized carbons (Fsp3) is 0.200. The number of hydrogen-bond acceptors (Lipinski definition) is 5. The number of carbonyl (C=O) groups excluding carboxylic acids is 1. The van der Waals surface area contributed by atoms with Crippen molar-refractivity contribution in [2.75, 3.05) is 5.32 Å². The summed E-state index contributed by atoms with van der Waals surface area (Å²) in [7, 11) is 0. The van der Waals surface area contributed by atoms with Crippen LogP contribution < -0.4 is 11.1 Å². The molecule has 0 aliphatic rings. The predicted octanol–water partition coefficient (Wildman–Crippen LogP) is 0.153. The fourth-order valence-electron chi connectivity index (χ4n) is 0.562. The van der Waals surface area contributed by atoms with Gasteiger partial charge in [0.15, 0.2) is 0 Å². The van der Waals surface area contributed by atoms with E-state index in [1.807, 2.05) is 0 Å². The van der Waals surface area contributed by atoms with Crippen LogP contribution in [0.2, 0.25) is 0 Å². The van der Waals surface area contributed by atoms with E-state index < -0.39 is 0 Å². The van der Waals surface area contributed by atoms with E-state index in [9.17, 15) is 4.79 Å². The fourth-order valence-corrected chi connectivity index (χ4v) is 1.13. The molecule has 0 bridgehead atoms. The summed E-state index contributed by atoms with van der Waals surface area (Å²) in [6, 6.07) is 0. The highest BCUT2D eigenvalue weighted by Gasteiger charge is 2.04. The number of hydrogen-bond donors (Lipinski definition) is 2. The van der Waals surface area contributed by atoms with Crippen LogP contribution in [0, 0.1) is 0 Å². The van der Waals surface area contributed by atoms with Gasteiger partial charge in [0.05, 0.1) is 17.6 Å². The maximum Gasteiger partial charge on any atom is 0.231 e. The summed E-state index contributed by atoms with van der Waals surface area (Å²) in [5.41, 5.74) is 5.17. The molecule has 1 rings (SSSR count). The third-order valence-corrected chi connectivity index (χ3v) is 1.68. The van der Waals surface area contributed by atoms with Crippen LogP contribution in [0.1, 0.15) is 6.42 Å². The Morgan fingerprint density at radius 2 is 2.58 bits per heavy atom. The quantitative estimate of drug-likeness (QED) is 0.682. The molecule has 0 aromatic carbocycles. The highest BCUT2D eigenvalue weighted by Crippen LogP contribution is 2.08. The molecule has 0 saturated heterocycles. The Bertz CT molecular complexity index is 284. The van der Waals surface area contributed by atoms with Crippen LogP contribution in [-0.4, -0.2) is 20.5 Å². The van der Waals surface area contributed by atoms with Crippen molar-refractivity contribution in [3.05, 3.63) is 6.20 Å². The normalized spacial score (nSPS) is 9.33. The lowest BCUT2D eigenvalue weighted by atomic mass is 10.4. The standard InChI is InChI=1S/C5H6N4OS2/c6-3(11)1-4(10)8-5-2-7-9-12-5/h2H,1H2,(H2,6,11)(H,8,10). The van der Waals surface area contributed by atoms with Crippen LogP contribution in [0.25, 0.3) is 0 Å². The number of nitrogens with two attached hydrogens (primary N) is 1. The predicted molar refractivity (Wildman–Crippen MR) is 49.9 cm³/mol. The van der Waals surface area contributed by atoms with Crippen molar-refractivity contribution >= 4 is 39.6 Å². The molecule has 0 unspecified atom stereocenters. The molecule has 0 fully saturated rings. The first-order chi connectivity index (χ1) is 5.68. The molecule has 0 atom stereocenters. The Hall–Kier alpha value is -1.08. The van der Waals surface area contributed by atoms with Crippen LogP contribution in [0.5, 0.6) is 0 Å². The molecule has 0 aliphatic carbocycles. The number of nitrogens with one attached hydrogen (secondary N) is 1. The number of anilines is 1. The van der Waals surface area contributed by atoms with E-state index in [-0.39, 0.29) is 17.3 Å². The molecule has 7 heteroatoms. The SMILES string of the molecule is NC(=S)CC(=O)Nc1cnns1. The number of carbonyl (C=O) groups is 1. The van der Waals surface area contributed by atoms with E-state index in [1.165, 1.54) is 6.20 Å². The Kier molecular flexibility index (Phi) is 3.06. The second-order valence-electron chi connectivity index (χ2n) is 1.97. The molecule has 1 aromatic heterocycles. The Balaban J connectivity index is 2.42. The van der Waals surface area contributed by atoms with E-state index >= 15 is 0 Å². The smallest absolute Gasteiger partial charge is 0.231 e. The van der Waals surface area contributed by atoms with Gasteiger partial charge in [-0.3, -0.25) is 4.79 Å². The molecule has 64 valence electrons. The maximum absolute atomic E-state index is 11.0. The first-order valence-corrected chi connectivity index (χ1v) is 4.22. The van der Waals surface area contributed by atoms with Gasteiger partial charge in [-0.15, -0.1) is 5.10 Å². The molecule has 1 amide bonds. The summed E-state index contributed by atoms with van der Waals surface area (Å²) < 4.78 is 3.57. The van der Waals surface area contributed by atoms with Crippen LogP contribution in [0.3, 0.4) is 0 Å². The molecule has 0 aliphatic heterocycles. The average Bonchev–Trinajstić information content (AvgIpc) is 2.37. The Morgan fingerprint density at radius 3 is 3.08 bits per heavy atom. The molecule has 0 saturated carbocycles. The van der Waals surface area contributed by atoms with Crippen LogP contribution >= 0.6 is 23.8 Å². The van der Waals surface area contributed by atoms with Crippen molar-refractivity contribution < 1.29 is 4.79 Å². The molecule has 0 radical (unpaired) electrons. The molecular formula is C5H6N4OS2. The molecule has 5 nitrogen and oxygen atoms in total. The Morgan fingerprint density at radius 1 is 1.83 bits per heavy atom. The maximum atomic E-state index is 11.0. The Labute approximate surface area is 78.1 Å². The van der Waals surface area contributed by atoms with E-state index in [1.54, 1.807) is 0 Å². The lowest BCUT2D eigenvalue weighted by Crippen LogP contribution is -2.19. The highest BCUT2D eigenvalue weighted by atomic mass is 32.1. The topological polar surface area (TPSA) is 80.9 Å². The van der Waals surface area contributed by atoms with Gasteiger partial charge in [0.2, 0.25) is 5.91 Å². The van der Waals surface area contributed by atoms with Crippen LogP contribution in [0.15, 0.2) is 6.20 Å². The third-order valence-electron chi connectivity index (χ3n) is 0.959. The largest absolute Gasteiger partial charge is 0.393 e. The lowest BCUT2D eigenvalue weighted by molar-refractivity contribution is -0.115. The van der Waals surface area contributed by atoms with Gasteiger partial charge in [0.1, 0.15) is 5.00 Å². The zero-order valence-electron chi connectivity index (χ0n) is 5.98. The minimum Gasteiger partial charge on any atom is -0.393 e. The van der Waals surface area contributed by atoms with Crippen molar-refractivity contribution in [2.45, 2.75) is 6.42 Å². The summed E-state index contributed by atoms with van der Waals surface area (Å²) in [5.74, 6) is -0.242. The van der Waals surface area contributed by atoms with Crippen LogP contribution in [0.4, 0.5) is 5.00 Å². The highest BCUT2D eigenvalue weighted by molar-refractivity contribution is 7.80. The summed E-state index contributed by atoms with van der Waals surface area (Å²) in [6.45, 7) is 0. The molecule has 1 heterocycles. The minimum absolute atomic E-state index is 0.0488. The first-order valence-electron chi connectivity index (χ1n) is 3.04. The van der Waals surface area contributed by atoms with E-state index in [4.69, 9.17) is 5.73 Å². The van der Waals surface area contributed by atoms with Gasteiger partial charge in [-0.05, 0) is 0 Å². The van der Waals surface area contributed by atoms with E-state index in [2.05, 4.69) is 27.1 Å². The van der Waals surface area contributed by atoms with Crippen molar-refractivity contribution in [2.24, 2.45) is 5.73 Å². The second kappa shape index (κ2) is 4.07. The van der Waals surface area contributed by atoms with Gasteiger partial charge in [-0.1, -0.05) is 16.7 Å². The van der Waals surface area contributed by atoms with Gasteiger partial charge in [0.25, 0.3) is 0 Å². The van der Waals surface area contributed by atoms with Crippen molar-refractivity contribution in [3.63, 3.8) is 0 Å².